The fraction of sp³-hybridized carbons (Fsp3) is 0.0556. The predicted octanol–water partition coefficient (Wildman–Crippen LogP) is 3.82. The summed E-state index contributed by atoms with van der Waals surface area (Å²) in [5.41, 5.74) is 1.28. The maximum Gasteiger partial charge on any atom is 0.258 e. The van der Waals surface area contributed by atoms with Crippen molar-refractivity contribution < 1.29 is 9.90 Å². The first-order valence-corrected chi connectivity index (χ1v) is 6.71. The molecule has 0 atom stereocenters. The van der Waals surface area contributed by atoms with Gasteiger partial charge in [0.25, 0.3) is 5.91 Å². The molecule has 0 spiro atoms. The zero-order valence-electron chi connectivity index (χ0n) is 11.7. The number of anilines is 1. The van der Waals surface area contributed by atoms with Gasteiger partial charge in [0.1, 0.15) is 5.75 Å². The first-order chi connectivity index (χ1) is 10.1. The molecule has 104 valence electrons. The van der Waals surface area contributed by atoms with Gasteiger partial charge in [-0.3, -0.25) is 4.79 Å². The molecule has 0 heterocycles. The van der Waals surface area contributed by atoms with E-state index in [0.717, 1.165) is 10.8 Å². The van der Waals surface area contributed by atoms with Crippen molar-refractivity contribution in [3.05, 3.63) is 72.3 Å². The van der Waals surface area contributed by atoms with E-state index in [9.17, 15) is 9.90 Å². The van der Waals surface area contributed by atoms with E-state index in [1.807, 2.05) is 42.5 Å². The monoisotopic (exact) mass is 277 g/mol. The molecule has 0 fully saturated rings. The molecule has 3 aromatic carbocycles. The molecule has 0 aliphatic carbocycles. The Hall–Kier alpha value is -2.81. The Morgan fingerprint density at radius 1 is 0.905 bits per heavy atom. The minimum absolute atomic E-state index is 0.105. The number of rotatable bonds is 2. The fourth-order valence-corrected chi connectivity index (χ4v) is 2.33. The molecule has 0 aromatic heterocycles. The second-order valence-electron chi connectivity index (χ2n) is 4.95. The van der Waals surface area contributed by atoms with Crippen LogP contribution in [0.3, 0.4) is 0 Å². The quantitative estimate of drug-likeness (QED) is 0.773. The number of phenolic OH excluding ortho intramolecular Hbond substituents is 1. The maximum absolute atomic E-state index is 12.5. The first-order valence-electron chi connectivity index (χ1n) is 6.71. The van der Waals surface area contributed by atoms with Crippen LogP contribution in [0.4, 0.5) is 5.69 Å². The highest BCUT2D eigenvalue weighted by Crippen LogP contribution is 2.22. The second kappa shape index (κ2) is 5.29. The third-order valence-corrected chi connectivity index (χ3v) is 3.52. The lowest BCUT2D eigenvalue weighted by Crippen LogP contribution is -2.26. The number of carbonyl (C=O) groups is 1. The van der Waals surface area contributed by atoms with E-state index >= 15 is 0 Å². The number of amides is 1. The van der Waals surface area contributed by atoms with Crippen LogP contribution in [-0.4, -0.2) is 18.1 Å². The molecule has 3 nitrogen and oxygen atoms in total. The van der Waals surface area contributed by atoms with Crippen LogP contribution in [0.5, 0.6) is 5.75 Å². The van der Waals surface area contributed by atoms with Crippen LogP contribution >= 0.6 is 0 Å². The van der Waals surface area contributed by atoms with Crippen molar-refractivity contribution in [1.82, 2.24) is 0 Å². The predicted molar refractivity (Wildman–Crippen MR) is 84.8 cm³/mol. The first kappa shape index (κ1) is 13.2. The maximum atomic E-state index is 12.5. The number of aromatic hydroxyl groups is 1. The van der Waals surface area contributed by atoms with Crippen LogP contribution in [0.15, 0.2) is 66.7 Å². The highest BCUT2D eigenvalue weighted by Gasteiger charge is 2.14. The van der Waals surface area contributed by atoms with Gasteiger partial charge in [-0.25, -0.2) is 0 Å². The summed E-state index contributed by atoms with van der Waals surface area (Å²) in [4.78, 5) is 14.1. The van der Waals surface area contributed by atoms with Crippen molar-refractivity contribution in [2.24, 2.45) is 0 Å². The molecule has 1 amide bonds. The SMILES string of the molecule is CN(C(=O)c1ccc2ccccc2c1)c1cccc(O)c1. The van der Waals surface area contributed by atoms with Gasteiger partial charge in [0, 0.05) is 24.4 Å². The van der Waals surface area contributed by atoms with E-state index in [-0.39, 0.29) is 11.7 Å². The molecule has 0 radical (unpaired) electrons. The van der Waals surface area contributed by atoms with Crippen molar-refractivity contribution in [2.45, 2.75) is 0 Å². The lowest BCUT2D eigenvalue weighted by atomic mass is 10.1. The summed E-state index contributed by atoms with van der Waals surface area (Å²) in [6, 6.07) is 20.2. The average Bonchev–Trinajstić information content (AvgIpc) is 2.53. The third kappa shape index (κ3) is 2.58. The van der Waals surface area contributed by atoms with Gasteiger partial charge in [0.05, 0.1) is 0 Å². The lowest BCUT2D eigenvalue weighted by Gasteiger charge is -2.17. The summed E-state index contributed by atoms with van der Waals surface area (Å²) in [6.45, 7) is 0. The summed E-state index contributed by atoms with van der Waals surface area (Å²) in [5, 5.41) is 11.7. The van der Waals surface area contributed by atoms with E-state index in [4.69, 9.17) is 0 Å². The summed E-state index contributed by atoms with van der Waals surface area (Å²) in [5.74, 6) is 0.0389. The van der Waals surface area contributed by atoms with Gasteiger partial charge in [-0.1, -0.05) is 36.4 Å². The number of benzene rings is 3. The molecule has 21 heavy (non-hydrogen) atoms. The number of hydrogen-bond donors (Lipinski definition) is 1. The minimum Gasteiger partial charge on any atom is -0.508 e. The molecule has 3 rings (SSSR count). The van der Waals surface area contributed by atoms with Gasteiger partial charge >= 0.3 is 0 Å². The molecule has 0 bridgehead atoms. The van der Waals surface area contributed by atoms with Crippen LogP contribution in [0.2, 0.25) is 0 Å². The molecule has 0 aliphatic heterocycles. The van der Waals surface area contributed by atoms with Crippen LogP contribution in [0.25, 0.3) is 10.8 Å². The number of hydrogen-bond acceptors (Lipinski definition) is 2. The third-order valence-electron chi connectivity index (χ3n) is 3.52. The average molecular weight is 277 g/mol. The summed E-state index contributed by atoms with van der Waals surface area (Å²) < 4.78 is 0. The Morgan fingerprint density at radius 2 is 1.67 bits per heavy atom. The van der Waals surface area contributed by atoms with Crippen molar-refractivity contribution in [1.29, 1.82) is 0 Å². The van der Waals surface area contributed by atoms with Gasteiger partial charge in [-0.15, -0.1) is 0 Å². The minimum atomic E-state index is -0.105. The van der Waals surface area contributed by atoms with Gasteiger partial charge in [-0.05, 0) is 35.0 Å². The molecule has 0 aliphatic rings. The van der Waals surface area contributed by atoms with Crippen LogP contribution in [-0.2, 0) is 0 Å². The topological polar surface area (TPSA) is 40.5 Å². The Labute approximate surface area is 123 Å². The highest BCUT2D eigenvalue weighted by atomic mass is 16.3. The molecule has 0 unspecified atom stereocenters. The number of carbonyl (C=O) groups excluding carboxylic acids is 1. The number of nitrogens with zero attached hydrogens (tertiary/aromatic N) is 1. The van der Waals surface area contributed by atoms with Crippen molar-refractivity contribution in [2.75, 3.05) is 11.9 Å². The van der Waals surface area contributed by atoms with E-state index in [2.05, 4.69) is 0 Å². The smallest absolute Gasteiger partial charge is 0.258 e. The molecule has 3 heteroatoms. The number of phenols is 1. The molecule has 0 saturated carbocycles. The Balaban J connectivity index is 1.96. The van der Waals surface area contributed by atoms with Gasteiger partial charge in [0.2, 0.25) is 0 Å². The van der Waals surface area contributed by atoms with Crippen LogP contribution in [0.1, 0.15) is 10.4 Å². The summed E-state index contributed by atoms with van der Waals surface area (Å²) >= 11 is 0. The summed E-state index contributed by atoms with van der Waals surface area (Å²) in [7, 11) is 1.70. The van der Waals surface area contributed by atoms with Gasteiger partial charge in [-0.2, -0.15) is 0 Å². The fourth-order valence-electron chi connectivity index (χ4n) is 2.33. The van der Waals surface area contributed by atoms with Crippen molar-refractivity contribution in [3.8, 4) is 5.75 Å². The number of fused-ring (bicyclic) bond motifs is 1. The van der Waals surface area contributed by atoms with Crippen molar-refractivity contribution in [3.63, 3.8) is 0 Å². The Morgan fingerprint density at radius 3 is 2.43 bits per heavy atom. The normalized spacial score (nSPS) is 10.5. The van der Waals surface area contributed by atoms with Crippen molar-refractivity contribution >= 4 is 22.4 Å². The molecule has 1 N–H and O–H groups in total. The van der Waals surface area contributed by atoms with E-state index in [1.54, 1.807) is 31.3 Å². The Bertz CT molecular complexity index is 811. The zero-order valence-corrected chi connectivity index (χ0v) is 11.7. The highest BCUT2D eigenvalue weighted by molar-refractivity contribution is 6.07. The Kier molecular flexibility index (Phi) is 3.32. The summed E-state index contributed by atoms with van der Waals surface area (Å²) in [6.07, 6.45) is 0. The molecular weight excluding hydrogens is 262 g/mol. The largest absolute Gasteiger partial charge is 0.508 e. The standard InChI is InChI=1S/C18H15NO2/c1-19(16-7-4-8-17(20)12-16)18(21)15-10-9-13-5-2-3-6-14(13)11-15/h2-12,20H,1H3. The second-order valence-corrected chi connectivity index (χ2v) is 4.95. The zero-order chi connectivity index (χ0) is 14.8. The van der Waals surface area contributed by atoms with E-state index in [1.165, 1.54) is 4.90 Å². The molecule has 0 saturated heterocycles. The van der Waals surface area contributed by atoms with E-state index < -0.39 is 0 Å². The lowest BCUT2D eigenvalue weighted by molar-refractivity contribution is 0.0993. The van der Waals surface area contributed by atoms with Gasteiger partial charge in [0.15, 0.2) is 0 Å². The van der Waals surface area contributed by atoms with Gasteiger partial charge < -0.3 is 10.0 Å². The molecular formula is C18H15NO2. The molecule has 3 aromatic rings. The van der Waals surface area contributed by atoms with Crippen LogP contribution in [0, 0.1) is 0 Å². The van der Waals surface area contributed by atoms with E-state index in [0.29, 0.717) is 11.3 Å². The van der Waals surface area contributed by atoms with Crippen LogP contribution < -0.4 is 4.90 Å².